The first-order valence-corrected chi connectivity index (χ1v) is 5.78. The fourth-order valence-corrected chi connectivity index (χ4v) is 1.60. The van der Waals surface area contributed by atoms with Crippen LogP contribution in [-0.4, -0.2) is 22.0 Å². The Balaban J connectivity index is 2.22. The standard InChI is InChI=1S/C14H9NO6/c16-13(17)9-5-7-10(8-6-9)14(18)21-12-4-2-1-3-11(12)15(19)20/h1-8H,(H,16,17). The van der Waals surface area contributed by atoms with Crippen molar-refractivity contribution in [3.05, 3.63) is 69.8 Å². The number of nitro benzene ring substituents is 1. The van der Waals surface area contributed by atoms with Gasteiger partial charge in [0.05, 0.1) is 16.1 Å². The molecule has 7 heteroatoms. The second-order valence-electron chi connectivity index (χ2n) is 4.00. The van der Waals surface area contributed by atoms with Crippen molar-refractivity contribution in [3.63, 3.8) is 0 Å². The van der Waals surface area contributed by atoms with Crippen LogP contribution < -0.4 is 4.74 Å². The number of aromatic carboxylic acids is 1. The Hall–Kier alpha value is -3.22. The Kier molecular flexibility index (Phi) is 3.94. The van der Waals surface area contributed by atoms with E-state index in [9.17, 15) is 19.7 Å². The third-order valence-electron chi connectivity index (χ3n) is 2.63. The van der Waals surface area contributed by atoms with Gasteiger partial charge in [-0.15, -0.1) is 0 Å². The molecular weight excluding hydrogens is 278 g/mol. The highest BCUT2D eigenvalue weighted by molar-refractivity contribution is 5.93. The van der Waals surface area contributed by atoms with Crippen molar-refractivity contribution in [1.29, 1.82) is 0 Å². The zero-order valence-electron chi connectivity index (χ0n) is 10.6. The summed E-state index contributed by atoms with van der Waals surface area (Å²) in [4.78, 5) is 32.7. The maximum absolute atomic E-state index is 11.9. The lowest BCUT2D eigenvalue weighted by atomic mass is 10.1. The number of benzene rings is 2. The summed E-state index contributed by atoms with van der Waals surface area (Å²) >= 11 is 0. The van der Waals surface area contributed by atoms with Crippen molar-refractivity contribution < 1.29 is 24.4 Å². The van der Waals surface area contributed by atoms with Gasteiger partial charge in [-0.05, 0) is 30.3 Å². The van der Waals surface area contributed by atoms with E-state index in [0.717, 1.165) is 0 Å². The number of para-hydroxylation sites is 2. The molecule has 106 valence electrons. The number of hydrogen-bond donors (Lipinski definition) is 1. The van der Waals surface area contributed by atoms with Crippen LogP contribution in [-0.2, 0) is 0 Å². The fraction of sp³-hybridized carbons (Fsp3) is 0. The van der Waals surface area contributed by atoms with Crippen molar-refractivity contribution in [2.24, 2.45) is 0 Å². The minimum absolute atomic E-state index is 0.0252. The van der Waals surface area contributed by atoms with Crippen LogP contribution in [0.1, 0.15) is 20.7 Å². The molecule has 0 atom stereocenters. The fourth-order valence-electron chi connectivity index (χ4n) is 1.60. The molecule has 2 aromatic rings. The molecule has 2 rings (SSSR count). The minimum Gasteiger partial charge on any atom is -0.478 e. The summed E-state index contributed by atoms with van der Waals surface area (Å²) in [6.07, 6.45) is 0. The largest absolute Gasteiger partial charge is 0.478 e. The van der Waals surface area contributed by atoms with Gasteiger partial charge in [0.2, 0.25) is 5.75 Å². The molecule has 21 heavy (non-hydrogen) atoms. The van der Waals surface area contributed by atoms with Gasteiger partial charge in [-0.1, -0.05) is 12.1 Å². The van der Waals surface area contributed by atoms with Gasteiger partial charge in [-0.3, -0.25) is 10.1 Å². The van der Waals surface area contributed by atoms with Gasteiger partial charge >= 0.3 is 17.6 Å². The number of nitrogens with zero attached hydrogens (tertiary/aromatic N) is 1. The number of carboxylic acid groups (broad SMARTS) is 1. The van der Waals surface area contributed by atoms with E-state index in [4.69, 9.17) is 9.84 Å². The minimum atomic E-state index is -1.12. The Morgan fingerprint density at radius 1 is 1.00 bits per heavy atom. The van der Waals surface area contributed by atoms with Crippen molar-refractivity contribution in [2.45, 2.75) is 0 Å². The molecule has 7 nitrogen and oxygen atoms in total. The molecule has 0 unspecified atom stereocenters. The number of ether oxygens (including phenoxy) is 1. The Labute approximate surface area is 118 Å². The lowest BCUT2D eigenvalue weighted by molar-refractivity contribution is -0.385. The number of hydrogen-bond acceptors (Lipinski definition) is 5. The van der Waals surface area contributed by atoms with Crippen LogP contribution in [0.3, 0.4) is 0 Å². The van der Waals surface area contributed by atoms with E-state index in [1.165, 1.54) is 48.5 Å². The summed E-state index contributed by atoms with van der Waals surface area (Å²) in [7, 11) is 0. The molecule has 0 aromatic heterocycles. The van der Waals surface area contributed by atoms with E-state index in [0.29, 0.717) is 0 Å². The van der Waals surface area contributed by atoms with Crippen molar-refractivity contribution in [2.75, 3.05) is 0 Å². The van der Waals surface area contributed by atoms with Gasteiger partial charge in [0.15, 0.2) is 0 Å². The number of carbonyl (C=O) groups is 2. The van der Waals surface area contributed by atoms with Crippen LogP contribution in [0, 0.1) is 10.1 Å². The second kappa shape index (κ2) is 5.83. The number of nitro groups is 1. The molecule has 0 spiro atoms. The van der Waals surface area contributed by atoms with Gasteiger partial charge in [-0.2, -0.15) is 0 Å². The zero-order chi connectivity index (χ0) is 15.4. The van der Waals surface area contributed by atoms with Crippen LogP contribution in [0.25, 0.3) is 0 Å². The lowest BCUT2D eigenvalue weighted by Crippen LogP contribution is -2.10. The zero-order valence-corrected chi connectivity index (χ0v) is 10.6. The summed E-state index contributed by atoms with van der Waals surface area (Å²) in [5, 5.41) is 19.6. The van der Waals surface area contributed by atoms with Crippen molar-refractivity contribution in [1.82, 2.24) is 0 Å². The summed E-state index contributed by atoms with van der Waals surface area (Å²) in [5.74, 6) is -2.09. The number of carbonyl (C=O) groups excluding carboxylic acids is 1. The molecular formula is C14H9NO6. The molecule has 2 aromatic carbocycles. The molecule has 0 bridgehead atoms. The van der Waals surface area contributed by atoms with Crippen LogP contribution >= 0.6 is 0 Å². The highest BCUT2D eigenvalue weighted by Crippen LogP contribution is 2.26. The second-order valence-corrected chi connectivity index (χ2v) is 4.00. The SMILES string of the molecule is O=C(O)c1ccc(C(=O)Oc2ccccc2[N+](=O)[O-])cc1. The van der Waals surface area contributed by atoms with Gasteiger partial charge in [-0.25, -0.2) is 9.59 Å². The van der Waals surface area contributed by atoms with E-state index in [-0.39, 0.29) is 22.6 Å². The lowest BCUT2D eigenvalue weighted by Gasteiger charge is -2.05. The molecule has 0 fully saturated rings. The molecule has 0 radical (unpaired) electrons. The topological polar surface area (TPSA) is 107 Å². The smallest absolute Gasteiger partial charge is 0.343 e. The van der Waals surface area contributed by atoms with Gasteiger partial charge in [0.25, 0.3) is 0 Å². The Morgan fingerprint density at radius 3 is 2.14 bits per heavy atom. The summed E-state index contributed by atoms with van der Waals surface area (Å²) in [5.41, 5.74) is -0.205. The molecule has 0 saturated carbocycles. The molecule has 0 aliphatic carbocycles. The van der Waals surface area contributed by atoms with E-state index < -0.39 is 16.9 Å². The highest BCUT2D eigenvalue weighted by Gasteiger charge is 2.18. The van der Waals surface area contributed by atoms with E-state index >= 15 is 0 Å². The maximum atomic E-state index is 11.9. The molecule has 0 amide bonds. The van der Waals surface area contributed by atoms with Crippen LogP contribution in [0.4, 0.5) is 5.69 Å². The predicted molar refractivity (Wildman–Crippen MR) is 71.5 cm³/mol. The van der Waals surface area contributed by atoms with Gasteiger partial charge in [0.1, 0.15) is 0 Å². The first-order valence-electron chi connectivity index (χ1n) is 5.78. The maximum Gasteiger partial charge on any atom is 0.343 e. The average molecular weight is 287 g/mol. The number of rotatable bonds is 4. The van der Waals surface area contributed by atoms with E-state index in [1.807, 2.05) is 0 Å². The summed E-state index contributed by atoms with van der Waals surface area (Å²) in [6, 6.07) is 10.5. The van der Waals surface area contributed by atoms with Gasteiger partial charge < -0.3 is 9.84 Å². The van der Waals surface area contributed by atoms with E-state index in [2.05, 4.69) is 0 Å². The molecule has 0 saturated heterocycles. The summed E-state index contributed by atoms with van der Waals surface area (Å²) < 4.78 is 4.97. The highest BCUT2D eigenvalue weighted by atomic mass is 16.6. The first-order chi connectivity index (χ1) is 9.99. The van der Waals surface area contributed by atoms with E-state index in [1.54, 1.807) is 0 Å². The molecule has 0 aliphatic rings. The Morgan fingerprint density at radius 2 is 1.57 bits per heavy atom. The van der Waals surface area contributed by atoms with Crippen LogP contribution in [0.2, 0.25) is 0 Å². The van der Waals surface area contributed by atoms with Crippen LogP contribution in [0.5, 0.6) is 5.75 Å². The molecule has 0 aliphatic heterocycles. The third-order valence-corrected chi connectivity index (χ3v) is 2.63. The monoisotopic (exact) mass is 287 g/mol. The first kappa shape index (κ1) is 14.2. The Bertz CT molecular complexity index is 708. The van der Waals surface area contributed by atoms with Crippen LogP contribution in [0.15, 0.2) is 48.5 Å². The average Bonchev–Trinajstić information content (AvgIpc) is 2.47. The summed E-state index contributed by atoms with van der Waals surface area (Å²) in [6.45, 7) is 0. The normalized spacial score (nSPS) is 9.90. The quantitative estimate of drug-likeness (QED) is 0.400. The third kappa shape index (κ3) is 3.21. The molecule has 1 N–H and O–H groups in total. The number of carboxylic acids is 1. The van der Waals surface area contributed by atoms with Crippen molar-refractivity contribution in [3.8, 4) is 5.75 Å². The van der Waals surface area contributed by atoms with Crippen molar-refractivity contribution >= 4 is 17.6 Å². The number of esters is 1. The predicted octanol–water partition coefficient (Wildman–Crippen LogP) is 2.51. The molecule has 0 heterocycles. The van der Waals surface area contributed by atoms with Gasteiger partial charge in [0, 0.05) is 6.07 Å².